The van der Waals surface area contributed by atoms with Crippen molar-refractivity contribution in [1.29, 1.82) is 0 Å². The van der Waals surface area contributed by atoms with Crippen LogP contribution >= 0.6 is 27.7 Å². The Hall–Kier alpha value is -1.21. The molecule has 1 fully saturated rings. The van der Waals surface area contributed by atoms with E-state index in [1.165, 1.54) is 0 Å². The highest BCUT2D eigenvalue weighted by atomic mass is 79.9. The molecule has 1 amide bonds. The van der Waals surface area contributed by atoms with Gasteiger partial charge in [0.2, 0.25) is 5.91 Å². The summed E-state index contributed by atoms with van der Waals surface area (Å²) in [4.78, 5) is 23.5. The van der Waals surface area contributed by atoms with E-state index in [-0.39, 0.29) is 12.3 Å². The van der Waals surface area contributed by atoms with Gasteiger partial charge in [-0.05, 0) is 52.2 Å². The SMILES string of the molecule is COc1ccc(CCC(=O)N[C@]2(C(=O)O)CCSC2)cc1Br. The van der Waals surface area contributed by atoms with Crippen LogP contribution in [0.5, 0.6) is 5.75 Å². The average molecular weight is 388 g/mol. The first-order valence-electron chi connectivity index (χ1n) is 6.91. The van der Waals surface area contributed by atoms with Crippen LogP contribution in [-0.4, -0.2) is 41.1 Å². The second-order valence-corrected chi connectivity index (χ2v) is 7.17. The van der Waals surface area contributed by atoms with Gasteiger partial charge in [0.05, 0.1) is 11.6 Å². The maximum absolute atomic E-state index is 12.1. The summed E-state index contributed by atoms with van der Waals surface area (Å²) in [6, 6.07) is 5.64. The van der Waals surface area contributed by atoms with Gasteiger partial charge in [0, 0.05) is 12.2 Å². The predicted molar refractivity (Wildman–Crippen MR) is 89.5 cm³/mol. The van der Waals surface area contributed by atoms with Gasteiger partial charge >= 0.3 is 5.97 Å². The summed E-state index contributed by atoms with van der Waals surface area (Å²) in [5.74, 6) is 0.760. The first-order chi connectivity index (χ1) is 10.5. The van der Waals surface area contributed by atoms with Crippen molar-refractivity contribution in [2.24, 2.45) is 0 Å². The zero-order valence-electron chi connectivity index (χ0n) is 12.2. The fourth-order valence-corrected chi connectivity index (χ4v) is 4.25. The molecule has 22 heavy (non-hydrogen) atoms. The van der Waals surface area contributed by atoms with Gasteiger partial charge < -0.3 is 15.2 Å². The highest BCUT2D eigenvalue weighted by Crippen LogP contribution is 2.29. The first-order valence-corrected chi connectivity index (χ1v) is 8.86. The summed E-state index contributed by atoms with van der Waals surface area (Å²) in [7, 11) is 1.60. The molecule has 1 aliphatic heterocycles. The summed E-state index contributed by atoms with van der Waals surface area (Å²) in [5, 5.41) is 12.0. The van der Waals surface area contributed by atoms with E-state index in [1.807, 2.05) is 18.2 Å². The number of hydrogen-bond donors (Lipinski definition) is 2. The molecule has 0 aliphatic carbocycles. The van der Waals surface area contributed by atoms with Crippen molar-refractivity contribution < 1.29 is 19.4 Å². The Morgan fingerprint density at radius 3 is 2.82 bits per heavy atom. The predicted octanol–water partition coefficient (Wildman–Crippen LogP) is 2.47. The van der Waals surface area contributed by atoms with Crippen LogP contribution in [-0.2, 0) is 16.0 Å². The third kappa shape index (κ3) is 3.95. The van der Waals surface area contributed by atoms with Crippen molar-refractivity contribution in [2.75, 3.05) is 18.6 Å². The minimum absolute atomic E-state index is 0.225. The highest BCUT2D eigenvalue weighted by molar-refractivity contribution is 9.10. The number of thioether (sulfide) groups is 1. The standard InChI is InChI=1S/C15H18BrNO4S/c1-21-12-4-2-10(8-11(12)16)3-5-13(18)17-15(14(19)20)6-7-22-9-15/h2,4,8H,3,5-7,9H2,1H3,(H,17,18)(H,19,20)/t15-/m1/s1. The molecule has 1 aromatic carbocycles. The van der Waals surface area contributed by atoms with Gasteiger partial charge in [-0.2, -0.15) is 11.8 Å². The summed E-state index contributed by atoms with van der Waals surface area (Å²) in [6.07, 6.45) is 1.29. The molecule has 0 bridgehead atoms. The lowest BCUT2D eigenvalue weighted by Gasteiger charge is -2.24. The molecular weight excluding hydrogens is 370 g/mol. The van der Waals surface area contributed by atoms with E-state index >= 15 is 0 Å². The zero-order chi connectivity index (χ0) is 16.2. The monoisotopic (exact) mass is 387 g/mol. The lowest BCUT2D eigenvalue weighted by Crippen LogP contribution is -2.54. The lowest BCUT2D eigenvalue weighted by molar-refractivity contribution is -0.146. The molecule has 1 heterocycles. The molecular formula is C15H18BrNO4S. The quantitative estimate of drug-likeness (QED) is 0.783. The van der Waals surface area contributed by atoms with Gasteiger partial charge in [0.25, 0.3) is 0 Å². The highest BCUT2D eigenvalue weighted by Gasteiger charge is 2.43. The van der Waals surface area contributed by atoms with Gasteiger partial charge in [0.1, 0.15) is 11.3 Å². The Kier molecular flexibility index (Phi) is 5.74. The van der Waals surface area contributed by atoms with Crippen LogP contribution in [0.15, 0.2) is 22.7 Å². The molecule has 120 valence electrons. The zero-order valence-corrected chi connectivity index (χ0v) is 14.6. The van der Waals surface area contributed by atoms with E-state index < -0.39 is 11.5 Å². The van der Waals surface area contributed by atoms with Crippen LogP contribution in [0, 0.1) is 0 Å². The second-order valence-electron chi connectivity index (χ2n) is 5.21. The van der Waals surface area contributed by atoms with Gasteiger partial charge in [-0.3, -0.25) is 4.79 Å². The molecule has 0 unspecified atom stereocenters. The molecule has 2 N–H and O–H groups in total. The number of carbonyl (C=O) groups is 2. The molecule has 1 atom stereocenters. The van der Waals surface area contributed by atoms with E-state index in [1.54, 1.807) is 18.9 Å². The number of benzene rings is 1. The van der Waals surface area contributed by atoms with Crippen molar-refractivity contribution in [3.63, 3.8) is 0 Å². The van der Waals surface area contributed by atoms with E-state index in [9.17, 15) is 14.7 Å². The number of carboxylic acid groups (broad SMARTS) is 1. The van der Waals surface area contributed by atoms with Crippen LogP contribution in [0.3, 0.4) is 0 Å². The van der Waals surface area contributed by atoms with Crippen LogP contribution < -0.4 is 10.1 Å². The maximum Gasteiger partial charge on any atom is 0.330 e. The van der Waals surface area contributed by atoms with E-state index in [0.29, 0.717) is 18.6 Å². The number of halogens is 1. The van der Waals surface area contributed by atoms with Crippen molar-refractivity contribution in [1.82, 2.24) is 5.32 Å². The molecule has 2 rings (SSSR count). The number of carbonyl (C=O) groups excluding carboxylic acids is 1. The average Bonchev–Trinajstić information content (AvgIpc) is 2.95. The molecule has 5 nitrogen and oxygen atoms in total. The number of nitrogens with one attached hydrogen (secondary N) is 1. The van der Waals surface area contributed by atoms with Gasteiger partial charge in [-0.15, -0.1) is 0 Å². The molecule has 1 aromatic rings. The smallest absolute Gasteiger partial charge is 0.330 e. The van der Waals surface area contributed by atoms with Crippen molar-refractivity contribution in [2.45, 2.75) is 24.8 Å². The molecule has 0 aromatic heterocycles. The number of methoxy groups -OCH3 is 1. The van der Waals surface area contributed by atoms with E-state index in [0.717, 1.165) is 21.5 Å². The van der Waals surface area contributed by atoms with Gasteiger partial charge in [0.15, 0.2) is 0 Å². The van der Waals surface area contributed by atoms with Crippen LogP contribution in [0.25, 0.3) is 0 Å². The Morgan fingerprint density at radius 1 is 1.50 bits per heavy atom. The van der Waals surface area contributed by atoms with E-state index in [2.05, 4.69) is 21.2 Å². The Balaban J connectivity index is 1.92. The van der Waals surface area contributed by atoms with Crippen molar-refractivity contribution in [3.8, 4) is 5.75 Å². The van der Waals surface area contributed by atoms with E-state index in [4.69, 9.17) is 4.74 Å². The third-order valence-electron chi connectivity index (χ3n) is 3.67. The van der Waals surface area contributed by atoms with Gasteiger partial charge in [-0.1, -0.05) is 6.07 Å². The lowest BCUT2D eigenvalue weighted by atomic mass is 9.98. The fraction of sp³-hybridized carbons (Fsp3) is 0.467. The largest absolute Gasteiger partial charge is 0.496 e. The third-order valence-corrected chi connectivity index (χ3v) is 5.48. The molecule has 0 saturated carbocycles. The molecule has 0 radical (unpaired) electrons. The minimum atomic E-state index is -1.09. The number of aryl methyl sites for hydroxylation is 1. The Bertz CT molecular complexity index is 573. The van der Waals surface area contributed by atoms with Crippen LogP contribution in [0.2, 0.25) is 0 Å². The summed E-state index contributed by atoms with van der Waals surface area (Å²) in [5.41, 5.74) is -0.101. The molecule has 7 heteroatoms. The van der Waals surface area contributed by atoms with Crippen LogP contribution in [0.4, 0.5) is 0 Å². The van der Waals surface area contributed by atoms with Gasteiger partial charge in [-0.25, -0.2) is 4.79 Å². The number of rotatable bonds is 6. The van der Waals surface area contributed by atoms with Crippen LogP contribution in [0.1, 0.15) is 18.4 Å². The molecule has 1 saturated heterocycles. The summed E-state index contributed by atoms with van der Waals surface area (Å²) >= 11 is 4.96. The number of carboxylic acids is 1. The number of ether oxygens (including phenoxy) is 1. The minimum Gasteiger partial charge on any atom is -0.496 e. The maximum atomic E-state index is 12.1. The second kappa shape index (κ2) is 7.37. The normalized spacial score (nSPS) is 20.6. The Labute approximate surface area is 141 Å². The first kappa shape index (κ1) is 17.1. The number of aliphatic carboxylic acids is 1. The summed E-state index contributed by atoms with van der Waals surface area (Å²) < 4.78 is 6.00. The van der Waals surface area contributed by atoms with Crippen molar-refractivity contribution >= 4 is 39.6 Å². The Morgan fingerprint density at radius 2 is 2.27 bits per heavy atom. The summed E-state index contributed by atoms with van der Waals surface area (Å²) in [6.45, 7) is 0. The molecule has 0 spiro atoms. The number of amides is 1. The topological polar surface area (TPSA) is 75.6 Å². The number of hydrogen-bond acceptors (Lipinski definition) is 4. The molecule has 1 aliphatic rings. The fourth-order valence-electron chi connectivity index (χ4n) is 2.34. The van der Waals surface area contributed by atoms with Crippen molar-refractivity contribution in [3.05, 3.63) is 28.2 Å².